The van der Waals surface area contributed by atoms with E-state index in [0.29, 0.717) is 17.1 Å². The summed E-state index contributed by atoms with van der Waals surface area (Å²) < 4.78 is 16.1. The molecule has 0 radical (unpaired) electrons. The first-order valence-electron chi connectivity index (χ1n) is 19.0. The predicted octanol–water partition coefficient (Wildman–Crippen LogP) is 13.5. The predicted molar refractivity (Wildman–Crippen MR) is 218 cm³/mol. The van der Waals surface area contributed by atoms with Gasteiger partial charge in [-0.1, -0.05) is 71.0 Å². The molecule has 262 valence electrons. The van der Waals surface area contributed by atoms with Crippen molar-refractivity contribution in [3.05, 3.63) is 127 Å². The monoisotopic (exact) mass is 693 g/mol. The van der Waals surface area contributed by atoms with Gasteiger partial charge in [0.15, 0.2) is 5.58 Å². The Labute approximate surface area is 309 Å². The van der Waals surface area contributed by atoms with Crippen LogP contribution in [0, 0.1) is 5.41 Å². The highest BCUT2D eigenvalue weighted by Gasteiger charge is 2.30. The molecule has 0 N–H and O–H groups in total. The van der Waals surface area contributed by atoms with Gasteiger partial charge in [-0.25, -0.2) is 0 Å². The zero-order valence-corrected chi connectivity index (χ0v) is 31.0. The average Bonchev–Trinajstić information content (AvgIpc) is 3.80. The Balaban J connectivity index is 1.17. The maximum absolute atomic E-state index is 7.01. The van der Waals surface area contributed by atoms with Gasteiger partial charge in [0, 0.05) is 45.7 Å². The Bertz CT molecular complexity index is 2830. The fraction of sp³-hybridized carbons (Fsp3) is 0.250. The number of hydrogen-bond donors (Lipinski definition) is 0. The van der Waals surface area contributed by atoms with Gasteiger partial charge < -0.3 is 13.6 Å². The molecule has 0 aliphatic heterocycles. The third-order valence-electron chi connectivity index (χ3n) is 11.7. The highest BCUT2D eigenvalue weighted by molar-refractivity contribution is 6.27. The fourth-order valence-electron chi connectivity index (χ4n) is 8.77. The van der Waals surface area contributed by atoms with Crippen LogP contribution in [0.4, 0.5) is 0 Å². The number of rotatable bonds is 5. The smallest absolute Gasteiger partial charge is 0.161 e. The highest BCUT2D eigenvalue weighted by Crippen LogP contribution is 2.49. The van der Waals surface area contributed by atoms with Gasteiger partial charge in [-0.3, -0.25) is 9.97 Å². The lowest BCUT2D eigenvalue weighted by Crippen LogP contribution is -2.20. The standard InChI is InChI=1S/C48H43N3O2/c1-47(2,3)32-18-22-50-40(26-32)30-11-10-12-33(23-30)52-34-27-37(39-14-8-9-21-49-39)43-42(28-34)53-46-38-25-31(29-16-19-48(4,5)20-17-29)24-36-35-13-6-7-15-41(35)51(44(36)38)45(43)46/h6-15,18,21-29H,16-17,19-20H2,1-5H3. The maximum Gasteiger partial charge on any atom is 0.161 e. The third kappa shape index (κ3) is 5.28. The van der Waals surface area contributed by atoms with Gasteiger partial charge in [0.2, 0.25) is 0 Å². The molecule has 1 aliphatic carbocycles. The summed E-state index contributed by atoms with van der Waals surface area (Å²) in [7, 11) is 0. The van der Waals surface area contributed by atoms with E-state index >= 15 is 0 Å². The van der Waals surface area contributed by atoms with E-state index in [9.17, 15) is 0 Å². The van der Waals surface area contributed by atoms with Crippen molar-refractivity contribution in [3.8, 4) is 34.0 Å². The second-order valence-corrected chi connectivity index (χ2v) is 16.9. The van der Waals surface area contributed by atoms with Crippen LogP contribution in [0.1, 0.15) is 77.3 Å². The number of aromatic nitrogens is 3. The molecular formula is C48H43N3O2. The molecule has 0 saturated heterocycles. The molecule has 5 heterocycles. The molecule has 10 rings (SSSR count). The lowest BCUT2D eigenvalue weighted by molar-refractivity contribution is 0.224. The number of pyridine rings is 2. The molecular weight excluding hydrogens is 651 g/mol. The minimum atomic E-state index is 0.0281. The summed E-state index contributed by atoms with van der Waals surface area (Å²) in [6.45, 7) is 11.5. The van der Waals surface area contributed by atoms with Gasteiger partial charge in [-0.2, -0.15) is 0 Å². The molecule has 0 spiro atoms. The number of para-hydroxylation sites is 1. The van der Waals surface area contributed by atoms with Crippen LogP contribution in [0.25, 0.3) is 71.8 Å². The van der Waals surface area contributed by atoms with Crippen LogP contribution >= 0.6 is 0 Å². The van der Waals surface area contributed by atoms with E-state index in [0.717, 1.165) is 50.3 Å². The molecule has 0 bridgehead atoms. The summed E-state index contributed by atoms with van der Waals surface area (Å²) in [6.07, 6.45) is 8.68. The van der Waals surface area contributed by atoms with Crippen molar-refractivity contribution in [2.24, 2.45) is 5.41 Å². The fourth-order valence-corrected chi connectivity index (χ4v) is 8.77. The van der Waals surface area contributed by atoms with Crippen LogP contribution in [-0.4, -0.2) is 14.4 Å². The molecule has 0 atom stereocenters. The van der Waals surface area contributed by atoms with Crippen molar-refractivity contribution in [2.45, 2.75) is 71.6 Å². The average molecular weight is 694 g/mol. The number of benzene rings is 4. The quantitative estimate of drug-likeness (QED) is 0.180. The van der Waals surface area contributed by atoms with E-state index < -0.39 is 0 Å². The van der Waals surface area contributed by atoms with Gasteiger partial charge in [-0.15, -0.1) is 0 Å². The highest BCUT2D eigenvalue weighted by atomic mass is 16.5. The first-order chi connectivity index (χ1) is 25.6. The van der Waals surface area contributed by atoms with E-state index in [1.807, 2.05) is 42.7 Å². The van der Waals surface area contributed by atoms with Crippen LogP contribution < -0.4 is 4.74 Å². The second kappa shape index (κ2) is 11.7. The van der Waals surface area contributed by atoms with Crippen molar-refractivity contribution in [3.63, 3.8) is 0 Å². The van der Waals surface area contributed by atoms with E-state index in [1.54, 1.807) is 0 Å². The van der Waals surface area contributed by atoms with Crippen molar-refractivity contribution in [1.29, 1.82) is 0 Å². The number of furan rings is 1. The molecule has 5 aromatic heterocycles. The second-order valence-electron chi connectivity index (χ2n) is 16.9. The summed E-state index contributed by atoms with van der Waals surface area (Å²) in [5, 5.41) is 4.81. The van der Waals surface area contributed by atoms with Gasteiger partial charge in [0.05, 0.1) is 27.8 Å². The zero-order chi connectivity index (χ0) is 36.1. The van der Waals surface area contributed by atoms with Gasteiger partial charge in [-0.05, 0) is 114 Å². The van der Waals surface area contributed by atoms with Crippen molar-refractivity contribution < 1.29 is 9.15 Å². The van der Waals surface area contributed by atoms with Crippen LogP contribution in [0.3, 0.4) is 0 Å². The molecule has 5 nitrogen and oxygen atoms in total. The minimum absolute atomic E-state index is 0.0281. The summed E-state index contributed by atoms with van der Waals surface area (Å²) in [4.78, 5) is 9.56. The lowest BCUT2D eigenvalue weighted by Gasteiger charge is -2.34. The molecule has 9 aromatic rings. The first-order valence-corrected chi connectivity index (χ1v) is 19.0. The SMILES string of the molecule is CC1(C)CCC(c2cc3c4ccccc4n4c3c(c2)c2oc3cc(Oc5cccc(-c6cc(C(C)(C)C)ccn6)c5)cc(-c5ccccn5)c3c24)CC1. The van der Waals surface area contributed by atoms with Crippen LogP contribution in [0.2, 0.25) is 0 Å². The van der Waals surface area contributed by atoms with Crippen molar-refractivity contribution in [1.82, 2.24) is 14.4 Å². The number of ether oxygens (including phenoxy) is 1. The first kappa shape index (κ1) is 32.0. The maximum atomic E-state index is 7.01. The van der Waals surface area contributed by atoms with Crippen LogP contribution in [0.15, 0.2) is 120 Å². The molecule has 53 heavy (non-hydrogen) atoms. The van der Waals surface area contributed by atoms with Crippen LogP contribution in [0.5, 0.6) is 11.5 Å². The number of nitrogens with zero attached hydrogens (tertiary/aromatic N) is 3. The lowest BCUT2D eigenvalue weighted by atomic mass is 9.71. The Morgan fingerprint density at radius 3 is 2.32 bits per heavy atom. The Hall–Kier alpha value is -5.68. The minimum Gasteiger partial charge on any atom is -0.457 e. The third-order valence-corrected chi connectivity index (χ3v) is 11.7. The Morgan fingerprint density at radius 2 is 1.51 bits per heavy atom. The number of fused-ring (bicyclic) bond motifs is 8. The Morgan fingerprint density at radius 1 is 0.717 bits per heavy atom. The molecule has 4 aromatic carbocycles. The van der Waals surface area contributed by atoms with E-state index in [-0.39, 0.29) is 5.41 Å². The topological polar surface area (TPSA) is 52.6 Å². The summed E-state index contributed by atoms with van der Waals surface area (Å²) >= 11 is 0. The summed E-state index contributed by atoms with van der Waals surface area (Å²) in [6, 6.07) is 36.4. The molecule has 0 amide bonds. The molecule has 1 aliphatic rings. The summed E-state index contributed by atoms with van der Waals surface area (Å²) in [5.74, 6) is 1.98. The zero-order valence-electron chi connectivity index (χ0n) is 31.0. The van der Waals surface area contributed by atoms with E-state index in [4.69, 9.17) is 19.1 Å². The van der Waals surface area contributed by atoms with Crippen molar-refractivity contribution >= 4 is 49.3 Å². The molecule has 1 saturated carbocycles. The van der Waals surface area contributed by atoms with Gasteiger partial charge >= 0.3 is 0 Å². The van der Waals surface area contributed by atoms with Gasteiger partial charge in [0.1, 0.15) is 22.6 Å². The molecule has 5 heteroatoms. The van der Waals surface area contributed by atoms with E-state index in [2.05, 4.69) is 112 Å². The van der Waals surface area contributed by atoms with E-state index in [1.165, 1.54) is 64.0 Å². The largest absolute Gasteiger partial charge is 0.457 e. The van der Waals surface area contributed by atoms with Crippen molar-refractivity contribution in [2.75, 3.05) is 0 Å². The summed E-state index contributed by atoms with van der Waals surface area (Å²) in [5.41, 5.74) is 12.1. The van der Waals surface area contributed by atoms with Crippen LogP contribution in [-0.2, 0) is 5.41 Å². The number of hydrogen-bond acceptors (Lipinski definition) is 4. The van der Waals surface area contributed by atoms with Gasteiger partial charge in [0.25, 0.3) is 0 Å². The molecule has 1 fully saturated rings. The Kier molecular flexibility index (Phi) is 7.04. The normalized spacial score (nSPS) is 15.4. The molecule has 0 unspecified atom stereocenters.